The summed E-state index contributed by atoms with van der Waals surface area (Å²) in [6.07, 6.45) is 0. The number of likely N-dealkylation sites (tertiary alicyclic amines) is 1. The molecule has 5 rings (SSSR count). The van der Waals surface area contributed by atoms with E-state index >= 15 is 0 Å². The molecule has 0 aliphatic carbocycles. The van der Waals surface area contributed by atoms with Gasteiger partial charge in [-0.1, -0.05) is 18.2 Å². The molecule has 2 aromatic rings. The number of carbonyl (C=O) groups excluding carboxylic acids is 2. The van der Waals surface area contributed by atoms with Crippen molar-refractivity contribution in [3.8, 4) is 17.2 Å². The first-order valence-corrected chi connectivity index (χ1v) is 11.2. The van der Waals surface area contributed by atoms with Crippen LogP contribution in [0.4, 0.5) is 0 Å². The van der Waals surface area contributed by atoms with Crippen molar-refractivity contribution in [1.82, 2.24) is 9.80 Å². The highest BCUT2D eigenvalue weighted by molar-refractivity contribution is 6.46. The van der Waals surface area contributed by atoms with E-state index in [1.54, 1.807) is 24.3 Å². The second-order valence-electron chi connectivity index (χ2n) is 8.26. The van der Waals surface area contributed by atoms with Crippen molar-refractivity contribution in [2.24, 2.45) is 0 Å². The summed E-state index contributed by atoms with van der Waals surface area (Å²) in [6.45, 7) is 3.81. The van der Waals surface area contributed by atoms with Gasteiger partial charge in [0.25, 0.3) is 11.7 Å². The smallest absolute Gasteiger partial charge is 0.295 e. The number of Topliss-reactive ketones (excluding diaryl/α,β-unsaturated/α-hetero) is 1. The van der Waals surface area contributed by atoms with Crippen molar-refractivity contribution in [3.05, 3.63) is 59.2 Å². The molecular weight excluding hydrogens is 440 g/mol. The van der Waals surface area contributed by atoms with Crippen LogP contribution in [0.3, 0.4) is 0 Å². The monoisotopic (exact) mass is 466 g/mol. The number of methoxy groups -OCH3 is 1. The van der Waals surface area contributed by atoms with E-state index in [1.165, 1.54) is 12.0 Å². The zero-order chi connectivity index (χ0) is 23.7. The lowest BCUT2D eigenvalue weighted by Crippen LogP contribution is -2.42. The summed E-state index contributed by atoms with van der Waals surface area (Å²) in [6, 6.07) is 11.4. The molecule has 2 saturated heterocycles. The van der Waals surface area contributed by atoms with Crippen LogP contribution in [0.1, 0.15) is 17.2 Å². The second kappa shape index (κ2) is 9.36. The average Bonchev–Trinajstić information content (AvgIpc) is 3.45. The number of fused-ring (bicyclic) bond motifs is 1. The molecule has 0 aromatic heterocycles. The van der Waals surface area contributed by atoms with Gasteiger partial charge in [-0.3, -0.25) is 14.5 Å². The summed E-state index contributed by atoms with van der Waals surface area (Å²) in [5, 5.41) is 11.3. The maximum atomic E-state index is 13.3. The van der Waals surface area contributed by atoms with Crippen LogP contribution in [0.2, 0.25) is 0 Å². The van der Waals surface area contributed by atoms with Gasteiger partial charge < -0.3 is 29.0 Å². The lowest BCUT2D eigenvalue weighted by Gasteiger charge is -2.31. The number of amides is 1. The third-order valence-corrected chi connectivity index (χ3v) is 6.38. The highest BCUT2D eigenvalue weighted by atomic mass is 16.7. The molecule has 0 spiro atoms. The van der Waals surface area contributed by atoms with Crippen LogP contribution in [-0.4, -0.2) is 79.9 Å². The number of hydrogen-bond donors (Lipinski definition) is 1. The SMILES string of the molecule is COc1ccccc1[C@@H]1C(=C(O)c2ccc3c(c2)OCO3)C(=O)C(=O)N1CCN1CCOCC1. The lowest BCUT2D eigenvalue weighted by atomic mass is 9.94. The number of morpholine rings is 1. The highest BCUT2D eigenvalue weighted by Crippen LogP contribution is 2.43. The first-order chi connectivity index (χ1) is 16.6. The third-order valence-electron chi connectivity index (χ3n) is 6.38. The topological polar surface area (TPSA) is 97.8 Å². The van der Waals surface area contributed by atoms with E-state index in [-0.39, 0.29) is 18.1 Å². The third kappa shape index (κ3) is 3.97. The van der Waals surface area contributed by atoms with Gasteiger partial charge in [-0.15, -0.1) is 0 Å². The molecule has 1 atom stereocenters. The molecular formula is C25H26N2O7. The molecule has 178 valence electrons. The Morgan fingerprint density at radius 1 is 1.06 bits per heavy atom. The minimum Gasteiger partial charge on any atom is -0.507 e. The normalized spacial score (nSPS) is 21.8. The molecule has 1 N–H and O–H groups in total. The Labute approximate surface area is 197 Å². The Kier molecular flexibility index (Phi) is 6.12. The second-order valence-corrected chi connectivity index (χ2v) is 8.26. The van der Waals surface area contributed by atoms with Crippen molar-refractivity contribution >= 4 is 17.4 Å². The summed E-state index contributed by atoms with van der Waals surface area (Å²) in [5.41, 5.74) is 1.03. The fourth-order valence-electron chi connectivity index (χ4n) is 4.60. The predicted molar refractivity (Wildman–Crippen MR) is 122 cm³/mol. The van der Waals surface area contributed by atoms with Gasteiger partial charge in [0.15, 0.2) is 11.5 Å². The van der Waals surface area contributed by atoms with Gasteiger partial charge in [0.05, 0.1) is 31.9 Å². The fourth-order valence-corrected chi connectivity index (χ4v) is 4.60. The summed E-state index contributed by atoms with van der Waals surface area (Å²) >= 11 is 0. The molecule has 3 aliphatic rings. The van der Waals surface area contributed by atoms with Gasteiger partial charge >= 0.3 is 0 Å². The predicted octanol–water partition coefficient (Wildman–Crippen LogP) is 2.18. The Morgan fingerprint density at radius 3 is 2.62 bits per heavy atom. The number of aliphatic hydroxyl groups is 1. The van der Waals surface area contributed by atoms with Gasteiger partial charge in [0.1, 0.15) is 11.5 Å². The number of rotatable bonds is 6. The number of para-hydroxylation sites is 1. The molecule has 1 amide bonds. The van der Waals surface area contributed by atoms with Crippen molar-refractivity contribution in [3.63, 3.8) is 0 Å². The maximum Gasteiger partial charge on any atom is 0.295 e. The van der Waals surface area contributed by atoms with Crippen molar-refractivity contribution in [2.75, 3.05) is 53.3 Å². The number of ketones is 1. The van der Waals surface area contributed by atoms with Crippen LogP contribution in [0.5, 0.6) is 17.2 Å². The van der Waals surface area contributed by atoms with E-state index in [1.807, 2.05) is 18.2 Å². The number of hydrogen-bond acceptors (Lipinski definition) is 8. The van der Waals surface area contributed by atoms with Gasteiger partial charge in [-0.25, -0.2) is 0 Å². The first-order valence-electron chi connectivity index (χ1n) is 11.2. The van der Waals surface area contributed by atoms with Crippen molar-refractivity contribution in [1.29, 1.82) is 0 Å². The maximum absolute atomic E-state index is 13.3. The molecule has 0 saturated carbocycles. The van der Waals surface area contributed by atoms with Gasteiger partial charge in [-0.05, 0) is 24.3 Å². The highest BCUT2D eigenvalue weighted by Gasteiger charge is 2.47. The molecule has 2 aromatic carbocycles. The molecule has 9 heteroatoms. The zero-order valence-corrected chi connectivity index (χ0v) is 18.9. The van der Waals surface area contributed by atoms with Crippen LogP contribution in [-0.2, 0) is 14.3 Å². The molecule has 3 aliphatic heterocycles. The van der Waals surface area contributed by atoms with E-state index < -0.39 is 17.7 Å². The van der Waals surface area contributed by atoms with Crippen LogP contribution in [0, 0.1) is 0 Å². The number of benzene rings is 2. The quantitative estimate of drug-likeness (QED) is 0.393. The number of ether oxygens (including phenoxy) is 4. The summed E-state index contributed by atoms with van der Waals surface area (Å²) in [7, 11) is 1.54. The summed E-state index contributed by atoms with van der Waals surface area (Å²) in [4.78, 5) is 30.2. The van der Waals surface area contributed by atoms with Crippen LogP contribution in [0.25, 0.3) is 5.76 Å². The molecule has 2 fully saturated rings. The van der Waals surface area contributed by atoms with E-state index in [2.05, 4.69) is 4.90 Å². The molecule has 3 heterocycles. The van der Waals surface area contributed by atoms with Crippen LogP contribution in [0.15, 0.2) is 48.0 Å². The summed E-state index contributed by atoms with van der Waals surface area (Å²) in [5.74, 6) is -0.0773. The number of aliphatic hydroxyl groups excluding tert-OH is 1. The molecule has 9 nitrogen and oxygen atoms in total. The standard InChI is InChI=1S/C25H26N2O7/c1-31-18-5-3-2-4-17(18)22-21(23(28)16-6-7-19-20(14-16)34-15-33-19)24(29)25(30)27(22)9-8-26-10-12-32-13-11-26/h2-7,14,22,28H,8-13,15H2,1H3/t22-/m1/s1. The molecule has 0 radical (unpaired) electrons. The summed E-state index contributed by atoms with van der Waals surface area (Å²) < 4.78 is 21.7. The van der Waals surface area contributed by atoms with Crippen LogP contribution >= 0.6 is 0 Å². The molecule has 34 heavy (non-hydrogen) atoms. The lowest BCUT2D eigenvalue weighted by molar-refractivity contribution is -0.140. The van der Waals surface area contributed by atoms with Crippen LogP contribution < -0.4 is 14.2 Å². The van der Waals surface area contributed by atoms with E-state index in [0.29, 0.717) is 54.7 Å². The van der Waals surface area contributed by atoms with E-state index in [9.17, 15) is 14.7 Å². The number of nitrogens with zero attached hydrogens (tertiary/aromatic N) is 2. The van der Waals surface area contributed by atoms with Gasteiger partial charge in [0.2, 0.25) is 6.79 Å². The fraction of sp³-hybridized carbons (Fsp3) is 0.360. The number of carbonyl (C=O) groups is 2. The molecule has 0 bridgehead atoms. The van der Waals surface area contributed by atoms with Crippen molar-refractivity contribution in [2.45, 2.75) is 6.04 Å². The zero-order valence-electron chi connectivity index (χ0n) is 18.9. The Balaban J connectivity index is 1.56. The van der Waals surface area contributed by atoms with Gasteiger partial charge in [0, 0.05) is 37.3 Å². The van der Waals surface area contributed by atoms with Gasteiger partial charge in [-0.2, -0.15) is 0 Å². The van der Waals surface area contributed by atoms with E-state index in [0.717, 1.165) is 13.1 Å². The first kappa shape index (κ1) is 22.2. The minimum absolute atomic E-state index is 0.0235. The van der Waals surface area contributed by atoms with Crippen molar-refractivity contribution < 1.29 is 33.6 Å². The average molecular weight is 466 g/mol. The minimum atomic E-state index is -0.789. The van der Waals surface area contributed by atoms with E-state index in [4.69, 9.17) is 18.9 Å². The Bertz CT molecular complexity index is 1140. The Morgan fingerprint density at radius 2 is 1.82 bits per heavy atom. The molecule has 0 unspecified atom stereocenters. The Hall–Kier alpha value is -3.56. The largest absolute Gasteiger partial charge is 0.507 e.